The van der Waals surface area contributed by atoms with E-state index in [0.717, 1.165) is 11.1 Å². The number of para-hydroxylation sites is 1. The lowest BCUT2D eigenvalue weighted by molar-refractivity contribution is -0.385. The quantitative estimate of drug-likeness (QED) is 0.237. The summed E-state index contributed by atoms with van der Waals surface area (Å²) in [7, 11) is 0. The molecule has 10 heteroatoms. The van der Waals surface area contributed by atoms with E-state index < -0.39 is 35.0 Å². The molecular weight excluding hydrogens is 406 g/mol. The first-order valence-electron chi connectivity index (χ1n) is 9.29. The number of carbonyl (C=O) groups excluding carboxylic acids is 3. The molecule has 0 saturated carbocycles. The molecule has 2 aromatic rings. The van der Waals surface area contributed by atoms with E-state index in [1.165, 1.54) is 18.2 Å². The average molecular weight is 425 g/mol. The molecule has 2 aromatic carbocycles. The molecule has 10 nitrogen and oxygen atoms in total. The van der Waals surface area contributed by atoms with Crippen molar-refractivity contribution < 1.29 is 28.8 Å². The number of benzene rings is 2. The van der Waals surface area contributed by atoms with Crippen LogP contribution >= 0.6 is 0 Å². The highest BCUT2D eigenvalue weighted by molar-refractivity contribution is 6.31. The Hall–Kier alpha value is -4.21. The summed E-state index contributed by atoms with van der Waals surface area (Å²) in [6.45, 7) is 2.84. The highest BCUT2D eigenvalue weighted by Gasteiger charge is 2.34. The van der Waals surface area contributed by atoms with Gasteiger partial charge in [-0.1, -0.05) is 24.3 Å². The number of hydrogen-bond acceptors (Lipinski definition) is 7. The van der Waals surface area contributed by atoms with Crippen LogP contribution in [0, 0.1) is 10.1 Å². The zero-order chi connectivity index (χ0) is 22.5. The van der Waals surface area contributed by atoms with E-state index in [0.29, 0.717) is 5.69 Å². The first-order chi connectivity index (χ1) is 14.8. The minimum atomic E-state index is -0.683. The lowest BCUT2D eigenvalue weighted by atomic mass is 10.1. The molecule has 1 saturated heterocycles. The van der Waals surface area contributed by atoms with E-state index in [9.17, 15) is 24.5 Å². The Morgan fingerprint density at radius 2 is 1.90 bits per heavy atom. The molecule has 2 amide bonds. The molecule has 1 fully saturated rings. The third kappa shape index (κ3) is 5.04. The van der Waals surface area contributed by atoms with Crippen LogP contribution in [0.25, 0.3) is 6.08 Å². The Kier molecular flexibility index (Phi) is 6.29. The molecule has 0 radical (unpaired) electrons. The number of nitrogens with zero attached hydrogens (tertiary/aromatic N) is 2. The lowest BCUT2D eigenvalue weighted by Crippen LogP contribution is -2.35. The third-order valence-corrected chi connectivity index (χ3v) is 4.11. The molecule has 1 aliphatic heterocycles. The number of amides is 2. The van der Waals surface area contributed by atoms with Crippen molar-refractivity contribution in [1.29, 1.82) is 0 Å². The van der Waals surface area contributed by atoms with Gasteiger partial charge in [0, 0.05) is 6.07 Å². The van der Waals surface area contributed by atoms with Crippen LogP contribution in [0.4, 0.5) is 11.4 Å². The van der Waals surface area contributed by atoms with Crippen LogP contribution in [0.3, 0.4) is 0 Å². The SMILES string of the molecule is CC(C)OC(=O)COc1ccc(C=C2C(=O)NN(c3ccccc3)C2=O)cc1[N+](=O)[O-]. The van der Waals surface area contributed by atoms with Crippen molar-refractivity contribution in [2.24, 2.45) is 0 Å². The van der Waals surface area contributed by atoms with Crippen molar-refractivity contribution in [2.75, 3.05) is 11.6 Å². The second-order valence-corrected chi connectivity index (χ2v) is 6.79. The molecule has 31 heavy (non-hydrogen) atoms. The lowest BCUT2D eigenvalue weighted by Gasteiger charge is -2.13. The molecular formula is C21H19N3O7. The second kappa shape index (κ2) is 9.08. The minimum absolute atomic E-state index is 0.138. The summed E-state index contributed by atoms with van der Waals surface area (Å²) in [5.41, 5.74) is 2.59. The zero-order valence-corrected chi connectivity index (χ0v) is 16.7. The van der Waals surface area contributed by atoms with Gasteiger partial charge in [-0.15, -0.1) is 0 Å². The molecule has 0 spiro atoms. The number of anilines is 1. The molecule has 3 rings (SSSR count). The van der Waals surface area contributed by atoms with Crippen molar-refractivity contribution in [3.63, 3.8) is 0 Å². The number of rotatable bonds is 7. The van der Waals surface area contributed by atoms with Gasteiger partial charge in [-0.25, -0.2) is 9.80 Å². The third-order valence-electron chi connectivity index (χ3n) is 4.11. The molecule has 1 heterocycles. The van der Waals surface area contributed by atoms with Gasteiger partial charge in [0.25, 0.3) is 11.8 Å². The maximum Gasteiger partial charge on any atom is 0.344 e. The van der Waals surface area contributed by atoms with Gasteiger partial charge >= 0.3 is 11.7 Å². The first-order valence-corrected chi connectivity index (χ1v) is 9.29. The summed E-state index contributed by atoms with van der Waals surface area (Å²) in [6.07, 6.45) is 0.912. The summed E-state index contributed by atoms with van der Waals surface area (Å²) in [6, 6.07) is 12.4. The number of hydrazine groups is 1. The number of nitro groups is 1. The van der Waals surface area contributed by atoms with Crippen molar-refractivity contribution in [2.45, 2.75) is 20.0 Å². The van der Waals surface area contributed by atoms with E-state index in [4.69, 9.17) is 9.47 Å². The van der Waals surface area contributed by atoms with Crippen LogP contribution in [-0.2, 0) is 19.1 Å². The van der Waals surface area contributed by atoms with Crippen molar-refractivity contribution in [3.05, 3.63) is 69.8 Å². The second-order valence-electron chi connectivity index (χ2n) is 6.79. The van der Waals surface area contributed by atoms with Gasteiger partial charge < -0.3 is 9.47 Å². The molecule has 0 aromatic heterocycles. The first kappa shape index (κ1) is 21.5. The monoisotopic (exact) mass is 425 g/mol. The van der Waals surface area contributed by atoms with Crippen LogP contribution in [0.1, 0.15) is 19.4 Å². The van der Waals surface area contributed by atoms with E-state index >= 15 is 0 Å². The summed E-state index contributed by atoms with van der Waals surface area (Å²) < 4.78 is 10.1. The summed E-state index contributed by atoms with van der Waals surface area (Å²) >= 11 is 0. The van der Waals surface area contributed by atoms with E-state index in [1.807, 2.05) is 0 Å². The van der Waals surface area contributed by atoms with Gasteiger partial charge in [-0.05, 0) is 43.7 Å². The number of hydrogen-bond donors (Lipinski definition) is 1. The smallest absolute Gasteiger partial charge is 0.344 e. The highest BCUT2D eigenvalue weighted by Crippen LogP contribution is 2.30. The van der Waals surface area contributed by atoms with Crippen LogP contribution in [0.5, 0.6) is 5.75 Å². The van der Waals surface area contributed by atoms with E-state index in [-0.39, 0.29) is 23.0 Å². The summed E-state index contributed by atoms with van der Waals surface area (Å²) in [5, 5.41) is 12.5. The van der Waals surface area contributed by atoms with Gasteiger partial charge in [0.1, 0.15) is 5.57 Å². The Bertz CT molecular complexity index is 1060. The zero-order valence-electron chi connectivity index (χ0n) is 16.7. The van der Waals surface area contributed by atoms with Crippen LogP contribution < -0.4 is 15.2 Å². The van der Waals surface area contributed by atoms with Crippen molar-refractivity contribution >= 4 is 35.2 Å². The largest absolute Gasteiger partial charge is 0.475 e. The standard InChI is InChI=1S/C21H19N3O7/c1-13(2)31-19(25)12-30-18-9-8-14(11-17(18)24(28)29)10-16-20(26)22-23(21(16)27)15-6-4-3-5-7-15/h3-11,13H,12H2,1-2H3,(H,22,26). The van der Waals surface area contributed by atoms with Gasteiger partial charge in [0.15, 0.2) is 12.4 Å². The Morgan fingerprint density at radius 1 is 1.19 bits per heavy atom. The fraction of sp³-hybridized carbons (Fsp3) is 0.190. The maximum absolute atomic E-state index is 12.6. The number of carbonyl (C=O) groups is 3. The normalized spacial score (nSPS) is 14.7. The Balaban J connectivity index is 1.83. The van der Waals surface area contributed by atoms with Crippen LogP contribution in [0.2, 0.25) is 0 Å². The van der Waals surface area contributed by atoms with Crippen LogP contribution in [0.15, 0.2) is 54.1 Å². The van der Waals surface area contributed by atoms with E-state index in [1.54, 1.807) is 44.2 Å². The molecule has 0 bridgehead atoms. The Labute approximate surface area is 177 Å². The Morgan fingerprint density at radius 3 is 2.55 bits per heavy atom. The van der Waals surface area contributed by atoms with Gasteiger partial charge in [0.2, 0.25) is 0 Å². The number of esters is 1. The molecule has 0 aliphatic carbocycles. The number of nitrogens with one attached hydrogen (secondary N) is 1. The fourth-order valence-electron chi connectivity index (χ4n) is 2.81. The fourth-order valence-corrected chi connectivity index (χ4v) is 2.81. The topological polar surface area (TPSA) is 128 Å². The number of nitro benzene ring substituents is 1. The predicted octanol–water partition coefficient (Wildman–Crippen LogP) is 2.39. The van der Waals surface area contributed by atoms with Crippen LogP contribution in [-0.4, -0.2) is 35.4 Å². The molecule has 0 unspecified atom stereocenters. The summed E-state index contributed by atoms with van der Waals surface area (Å²) in [5.74, 6) is -2.02. The molecule has 1 N–H and O–H groups in total. The highest BCUT2D eigenvalue weighted by atomic mass is 16.6. The van der Waals surface area contributed by atoms with Crippen molar-refractivity contribution in [1.82, 2.24) is 5.43 Å². The van der Waals surface area contributed by atoms with Gasteiger partial charge in [-0.3, -0.25) is 25.1 Å². The predicted molar refractivity (Wildman–Crippen MR) is 110 cm³/mol. The minimum Gasteiger partial charge on any atom is -0.475 e. The molecule has 160 valence electrons. The maximum atomic E-state index is 12.6. The van der Waals surface area contributed by atoms with Gasteiger partial charge in [-0.2, -0.15) is 0 Å². The van der Waals surface area contributed by atoms with Gasteiger partial charge in [0.05, 0.1) is 16.7 Å². The molecule has 1 aliphatic rings. The van der Waals surface area contributed by atoms with Crippen molar-refractivity contribution in [3.8, 4) is 5.75 Å². The average Bonchev–Trinajstić information content (AvgIpc) is 3.01. The summed E-state index contributed by atoms with van der Waals surface area (Å²) in [4.78, 5) is 47.3. The molecule has 0 atom stereocenters. The van der Waals surface area contributed by atoms with E-state index in [2.05, 4.69) is 5.43 Å². The number of ether oxygens (including phenoxy) is 2.